The predicted octanol–water partition coefficient (Wildman–Crippen LogP) is 2.52. The van der Waals surface area contributed by atoms with E-state index in [4.69, 9.17) is 14.5 Å². The first-order valence-corrected chi connectivity index (χ1v) is 7.05. The molecule has 1 spiro atoms. The second-order valence-electron chi connectivity index (χ2n) is 5.66. The van der Waals surface area contributed by atoms with Gasteiger partial charge in [-0.3, -0.25) is 4.99 Å². The summed E-state index contributed by atoms with van der Waals surface area (Å²) < 4.78 is 14.0. The Kier molecular flexibility index (Phi) is 3.23. The zero-order valence-corrected chi connectivity index (χ0v) is 11.9. The maximum Gasteiger partial charge on any atom is 0.185 e. The molecule has 3 heterocycles. The Bertz CT molecular complexity index is 494. The van der Waals surface area contributed by atoms with E-state index in [1.54, 1.807) is 7.11 Å². The molecule has 3 rings (SSSR count). The highest BCUT2D eigenvalue weighted by atomic mass is 16.6. The third-order valence-electron chi connectivity index (χ3n) is 4.28. The van der Waals surface area contributed by atoms with Gasteiger partial charge in [-0.2, -0.15) is 0 Å². The summed E-state index contributed by atoms with van der Waals surface area (Å²) in [5.74, 6) is 0. The van der Waals surface area contributed by atoms with Gasteiger partial charge in [0.25, 0.3) is 0 Å². The van der Waals surface area contributed by atoms with Gasteiger partial charge in [0.1, 0.15) is 6.10 Å². The summed E-state index contributed by atoms with van der Waals surface area (Å²) >= 11 is 0. The van der Waals surface area contributed by atoms with E-state index in [9.17, 15) is 0 Å². The highest BCUT2D eigenvalue weighted by Crippen LogP contribution is 2.40. The molecule has 1 aromatic heterocycles. The molecule has 4 nitrogen and oxygen atoms in total. The molecule has 2 aliphatic heterocycles. The first-order valence-electron chi connectivity index (χ1n) is 7.05. The summed E-state index contributed by atoms with van der Waals surface area (Å²) in [7, 11) is 3.81. The van der Waals surface area contributed by atoms with Crippen molar-refractivity contribution in [1.82, 2.24) is 4.57 Å². The Morgan fingerprint density at radius 1 is 1.53 bits per heavy atom. The summed E-state index contributed by atoms with van der Waals surface area (Å²) in [6, 6.07) is 4.16. The highest BCUT2D eigenvalue weighted by Gasteiger charge is 2.48. The van der Waals surface area contributed by atoms with Crippen LogP contribution < -0.4 is 0 Å². The fourth-order valence-corrected chi connectivity index (χ4v) is 3.30. The van der Waals surface area contributed by atoms with Gasteiger partial charge in [0.2, 0.25) is 0 Å². The number of ether oxygens (including phenoxy) is 2. The van der Waals surface area contributed by atoms with Crippen LogP contribution in [0.2, 0.25) is 0 Å². The van der Waals surface area contributed by atoms with Crippen molar-refractivity contribution in [3.63, 3.8) is 0 Å². The molecule has 0 aromatic carbocycles. The van der Waals surface area contributed by atoms with Crippen molar-refractivity contribution in [2.45, 2.75) is 50.5 Å². The molecule has 104 valence electrons. The Morgan fingerprint density at radius 3 is 3.00 bits per heavy atom. The van der Waals surface area contributed by atoms with Crippen molar-refractivity contribution in [1.29, 1.82) is 0 Å². The second-order valence-corrected chi connectivity index (χ2v) is 5.66. The predicted molar refractivity (Wildman–Crippen MR) is 74.5 cm³/mol. The molecule has 0 unspecified atom stereocenters. The van der Waals surface area contributed by atoms with Crippen molar-refractivity contribution in [3.05, 3.63) is 24.0 Å². The number of rotatable bonds is 2. The molecule has 0 radical (unpaired) electrons. The van der Waals surface area contributed by atoms with Gasteiger partial charge in [-0.1, -0.05) is 0 Å². The molecule has 0 aliphatic carbocycles. The Labute approximate surface area is 114 Å². The third-order valence-corrected chi connectivity index (χ3v) is 4.28. The summed E-state index contributed by atoms with van der Waals surface area (Å²) in [5.41, 5.74) is 1.82. The summed E-state index contributed by atoms with van der Waals surface area (Å²) in [6.07, 6.45) is 6.43. The average Bonchev–Trinajstić information content (AvgIpc) is 2.93. The van der Waals surface area contributed by atoms with Gasteiger partial charge in [0.15, 0.2) is 5.72 Å². The number of hydrogen-bond donors (Lipinski definition) is 0. The van der Waals surface area contributed by atoms with Gasteiger partial charge >= 0.3 is 0 Å². The van der Waals surface area contributed by atoms with Crippen molar-refractivity contribution in [2.24, 2.45) is 12.0 Å². The number of nitrogens with zero attached hydrogens (tertiary/aromatic N) is 2. The maximum atomic E-state index is 6.18. The molecule has 19 heavy (non-hydrogen) atoms. The van der Waals surface area contributed by atoms with Crippen LogP contribution in [-0.2, 0) is 16.5 Å². The number of aromatic nitrogens is 1. The monoisotopic (exact) mass is 262 g/mol. The van der Waals surface area contributed by atoms with E-state index in [1.807, 2.05) is 0 Å². The Morgan fingerprint density at radius 2 is 2.37 bits per heavy atom. The second kappa shape index (κ2) is 4.76. The molecule has 1 saturated heterocycles. The SMILES string of the molecule is CO[C@@H]1CC(c2cccn2C)=N[C@]12CCC[C@@H](C)O2. The van der Waals surface area contributed by atoms with Crippen LogP contribution in [0.25, 0.3) is 0 Å². The van der Waals surface area contributed by atoms with E-state index in [2.05, 4.69) is 36.9 Å². The molecule has 4 heteroatoms. The molecule has 0 amide bonds. The van der Waals surface area contributed by atoms with Gasteiger partial charge in [-0.15, -0.1) is 0 Å². The minimum Gasteiger partial charge on any atom is -0.376 e. The molecule has 0 saturated carbocycles. The van der Waals surface area contributed by atoms with E-state index in [1.165, 1.54) is 5.69 Å². The number of aryl methyl sites for hydroxylation is 1. The molecular weight excluding hydrogens is 240 g/mol. The van der Waals surface area contributed by atoms with E-state index in [-0.39, 0.29) is 12.2 Å². The molecule has 1 fully saturated rings. The fraction of sp³-hybridized carbons (Fsp3) is 0.667. The van der Waals surface area contributed by atoms with Crippen LogP contribution in [0.15, 0.2) is 23.3 Å². The quantitative estimate of drug-likeness (QED) is 0.821. The minimum atomic E-state index is -0.452. The van der Waals surface area contributed by atoms with Gasteiger partial charge in [0.05, 0.1) is 17.5 Å². The topological polar surface area (TPSA) is 35.8 Å². The zero-order chi connectivity index (χ0) is 13.5. The van der Waals surface area contributed by atoms with Crippen molar-refractivity contribution >= 4 is 5.71 Å². The van der Waals surface area contributed by atoms with Crippen LogP contribution >= 0.6 is 0 Å². The Hall–Kier alpha value is -1.13. The molecule has 2 aliphatic rings. The standard InChI is InChI=1S/C15H22N2O2/c1-11-6-4-8-15(19-11)14(18-3)10-12(16-15)13-7-5-9-17(13)2/h5,7,9,11,14H,4,6,8,10H2,1-3H3/t11-,14-,15+/m1/s1. The zero-order valence-electron chi connectivity index (χ0n) is 11.9. The van der Waals surface area contributed by atoms with E-state index in [0.29, 0.717) is 0 Å². The fourth-order valence-electron chi connectivity index (χ4n) is 3.30. The lowest BCUT2D eigenvalue weighted by Crippen LogP contribution is -2.46. The van der Waals surface area contributed by atoms with E-state index >= 15 is 0 Å². The van der Waals surface area contributed by atoms with Gasteiger partial charge in [0, 0.05) is 26.8 Å². The third kappa shape index (κ3) is 2.13. The number of methoxy groups -OCH3 is 1. The van der Waals surface area contributed by atoms with Crippen molar-refractivity contribution in [2.75, 3.05) is 7.11 Å². The lowest BCUT2D eigenvalue weighted by Gasteiger charge is -2.38. The van der Waals surface area contributed by atoms with Crippen LogP contribution in [0, 0.1) is 0 Å². The van der Waals surface area contributed by atoms with Crippen LogP contribution in [-0.4, -0.2) is 35.3 Å². The molecule has 1 aromatic rings. The van der Waals surface area contributed by atoms with Crippen LogP contribution in [0.1, 0.15) is 38.3 Å². The van der Waals surface area contributed by atoms with Gasteiger partial charge in [-0.05, 0) is 38.3 Å². The highest BCUT2D eigenvalue weighted by molar-refractivity contribution is 6.01. The molecule has 3 atom stereocenters. The number of hydrogen-bond acceptors (Lipinski definition) is 3. The van der Waals surface area contributed by atoms with Crippen molar-refractivity contribution < 1.29 is 9.47 Å². The van der Waals surface area contributed by atoms with Crippen LogP contribution in [0.5, 0.6) is 0 Å². The summed E-state index contributed by atoms with van der Waals surface area (Å²) in [5, 5.41) is 0. The lowest BCUT2D eigenvalue weighted by molar-refractivity contribution is -0.172. The minimum absolute atomic E-state index is 0.0418. The Balaban J connectivity index is 1.94. The molecule has 0 N–H and O–H groups in total. The largest absolute Gasteiger partial charge is 0.376 e. The van der Waals surface area contributed by atoms with Crippen LogP contribution in [0.3, 0.4) is 0 Å². The average molecular weight is 262 g/mol. The van der Waals surface area contributed by atoms with E-state index < -0.39 is 5.72 Å². The van der Waals surface area contributed by atoms with Gasteiger partial charge < -0.3 is 14.0 Å². The molecule has 0 bridgehead atoms. The summed E-state index contributed by atoms with van der Waals surface area (Å²) in [4.78, 5) is 4.93. The first-order chi connectivity index (χ1) is 9.14. The summed E-state index contributed by atoms with van der Waals surface area (Å²) in [6.45, 7) is 2.13. The first kappa shape index (κ1) is 12.9. The van der Waals surface area contributed by atoms with Crippen LogP contribution in [0.4, 0.5) is 0 Å². The smallest absolute Gasteiger partial charge is 0.185 e. The van der Waals surface area contributed by atoms with Crippen molar-refractivity contribution in [3.8, 4) is 0 Å². The molecular formula is C15H22N2O2. The maximum absolute atomic E-state index is 6.18. The van der Waals surface area contributed by atoms with Gasteiger partial charge in [-0.25, -0.2) is 0 Å². The van der Waals surface area contributed by atoms with E-state index in [0.717, 1.165) is 31.4 Å². The lowest BCUT2D eigenvalue weighted by atomic mass is 9.95. The number of aliphatic imine (C=N–C) groups is 1. The normalized spacial score (nSPS) is 34.8.